The van der Waals surface area contributed by atoms with E-state index in [1.165, 1.54) is 0 Å². The first-order valence-electron chi connectivity index (χ1n) is 8.42. The molecule has 126 valence electrons. The molecule has 1 atom stereocenters. The molecule has 1 aliphatic heterocycles. The summed E-state index contributed by atoms with van der Waals surface area (Å²) in [6.07, 6.45) is 8.50. The van der Waals surface area contributed by atoms with Gasteiger partial charge in [-0.25, -0.2) is 0 Å². The van der Waals surface area contributed by atoms with Crippen LogP contribution in [0.4, 0.5) is 0 Å². The molecule has 0 saturated carbocycles. The molecule has 1 aromatic rings. The van der Waals surface area contributed by atoms with Crippen molar-refractivity contribution in [3.05, 3.63) is 29.1 Å². The third-order valence-electron chi connectivity index (χ3n) is 4.06. The van der Waals surface area contributed by atoms with Crippen molar-refractivity contribution in [2.24, 2.45) is 0 Å². The van der Waals surface area contributed by atoms with Gasteiger partial charge in [0, 0.05) is 29.9 Å². The summed E-state index contributed by atoms with van der Waals surface area (Å²) in [7, 11) is 0. The van der Waals surface area contributed by atoms with Crippen LogP contribution in [0.2, 0.25) is 0 Å². The zero-order valence-corrected chi connectivity index (χ0v) is 14.8. The highest BCUT2D eigenvalue weighted by Crippen LogP contribution is 2.32. The van der Waals surface area contributed by atoms with Gasteiger partial charge in [-0.05, 0) is 45.3 Å². The van der Waals surface area contributed by atoms with Crippen LogP contribution >= 0.6 is 0 Å². The fourth-order valence-corrected chi connectivity index (χ4v) is 3.08. The molecule has 4 nitrogen and oxygen atoms in total. The van der Waals surface area contributed by atoms with Gasteiger partial charge in [0.05, 0.1) is 6.42 Å². The molecule has 1 aromatic heterocycles. The van der Waals surface area contributed by atoms with Gasteiger partial charge in [0.2, 0.25) is 0 Å². The van der Waals surface area contributed by atoms with Gasteiger partial charge in [-0.1, -0.05) is 19.9 Å². The van der Waals surface area contributed by atoms with Gasteiger partial charge in [0.25, 0.3) is 0 Å². The molecule has 2 rings (SSSR count). The van der Waals surface area contributed by atoms with Crippen LogP contribution in [0, 0.1) is 0 Å². The molecule has 2 heterocycles. The van der Waals surface area contributed by atoms with Crippen LogP contribution in [0.25, 0.3) is 6.08 Å². The van der Waals surface area contributed by atoms with E-state index in [1.807, 2.05) is 33.9 Å². The molecule has 0 spiro atoms. The van der Waals surface area contributed by atoms with Crippen molar-refractivity contribution in [2.45, 2.75) is 71.9 Å². The van der Waals surface area contributed by atoms with Crippen molar-refractivity contribution < 1.29 is 14.3 Å². The van der Waals surface area contributed by atoms with Gasteiger partial charge in [-0.3, -0.25) is 9.59 Å². The largest absolute Gasteiger partial charge is 0.460 e. The lowest BCUT2D eigenvalue weighted by molar-refractivity contribution is -0.155. The molecule has 0 radical (unpaired) electrons. The van der Waals surface area contributed by atoms with E-state index in [-0.39, 0.29) is 17.8 Å². The Labute approximate surface area is 138 Å². The summed E-state index contributed by atoms with van der Waals surface area (Å²) in [6, 6.07) is 0.0218. The minimum atomic E-state index is -0.473. The number of carbonyl (C=O) groups excluding carboxylic acids is 2. The minimum absolute atomic E-state index is 0.0218. The Morgan fingerprint density at radius 3 is 2.57 bits per heavy atom. The van der Waals surface area contributed by atoms with E-state index < -0.39 is 5.60 Å². The summed E-state index contributed by atoms with van der Waals surface area (Å²) in [5.41, 5.74) is 2.47. The van der Waals surface area contributed by atoms with Crippen LogP contribution in [-0.4, -0.2) is 21.9 Å². The number of esters is 1. The number of Topliss-reactive ketones (excluding diaryl/α,β-unsaturated/α-hetero) is 1. The Bertz CT molecular complexity index is 632. The van der Waals surface area contributed by atoms with Crippen molar-refractivity contribution in [2.75, 3.05) is 0 Å². The highest BCUT2D eigenvalue weighted by Gasteiger charge is 2.27. The second-order valence-electron chi connectivity index (χ2n) is 7.03. The quantitative estimate of drug-likeness (QED) is 0.600. The SMILES string of the molecule is CCC(=O)c1cn2c(c1CC)C=CC[C@@H]2CC(=O)OC(C)(C)C. The molecular formula is C19H27NO3. The molecule has 0 unspecified atom stereocenters. The molecule has 0 saturated heterocycles. The topological polar surface area (TPSA) is 48.3 Å². The number of fused-ring (bicyclic) bond motifs is 1. The number of hydrogen-bond acceptors (Lipinski definition) is 3. The zero-order chi connectivity index (χ0) is 17.2. The van der Waals surface area contributed by atoms with E-state index in [0.29, 0.717) is 12.8 Å². The number of allylic oxidation sites excluding steroid dienone is 1. The number of ketones is 1. The molecule has 1 aliphatic rings. The second kappa shape index (κ2) is 6.73. The van der Waals surface area contributed by atoms with Crippen LogP contribution in [0.1, 0.15) is 81.5 Å². The summed E-state index contributed by atoms with van der Waals surface area (Å²) in [5, 5.41) is 0. The Hall–Kier alpha value is -1.84. The average Bonchev–Trinajstić information content (AvgIpc) is 2.84. The molecule has 0 fully saturated rings. The summed E-state index contributed by atoms with van der Waals surface area (Å²) in [6.45, 7) is 9.57. The van der Waals surface area contributed by atoms with E-state index in [2.05, 4.69) is 23.6 Å². The highest BCUT2D eigenvalue weighted by molar-refractivity contribution is 5.98. The Morgan fingerprint density at radius 1 is 1.30 bits per heavy atom. The van der Waals surface area contributed by atoms with Crippen LogP contribution in [0.3, 0.4) is 0 Å². The number of rotatable bonds is 5. The predicted molar refractivity (Wildman–Crippen MR) is 91.6 cm³/mol. The summed E-state index contributed by atoms with van der Waals surface area (Å²) < 4.78 is 7.53. The van der Waals surface area contributed by atoms with Gasteiger partial charge in [-0.15, -0.1) is 0 Å². The third kappa shape index (κ3) is 3.92. The third-order valence-corrected chi connectivity index (χ3v) is 4.06. The number of hydrogen-bond donors (Lipinski definition) is 0. The van der Waals surface area contributed by atoms with E-state index in [1.54, 1.807) is 0 Å². The van der Waals surface area contributed by atoms with Crippen molar-refractivity contribution in [3.63, 3.8) is 0 Å². The van der Waals surface area contributed by atoms with Crippen molar-refractivity contribution in [1.82, 2.24) is 4.57 Å². The summed E-state index contributed by atoms with van der Waals surface area (Å²) in [4.78, 5) is 24.4. The van der Waals surface area contributed by atoms with E-state index in [4.69, 9.17) is 4.74 Å². The maximum absolute atomic E-state index is 12.2. The molecule has 4 heteroatoms. The van der Waals surface area contributed by atoms with Gasteiger partial charge in [-0.2, -0.15) is 0 Å². The summed E-state index contributed by atoms with van der Waals surface area (Å²) >= 11 is 0. The van der Waals surface area contributed by atoms with Crippen molar-refractivity contribution >= 4 is 17.8 Å². The lowest BCUT2D eigenvalue weighted by Gasteiger charge is -2.25. The van der Waals surface area contributed by atoms with E-state index in [0.717, 1.165) is 29.7 Å². The average molecular weight is 317 g/mol. The van der Waals surface area contributed by atoms with Crippen molar-refractivity contribution in [3.8, 4) is 0 Å². The van der Waals surface area contributed by atoms with E-state index >= 15 is 0 Å². The molecule has 0 amide bonds. The second-order valence-corrected chi connectivity index (χ2v) is 7.03. The number of ether oxygens (including phenoxy) is 1. The first-order valence-corrected chi connectivity index (χ1v) is 8.42. The lowest BCUT2D eigenvalue weighted by atomic mass is 10.0. The number of carbonyl (C=O) groups is 2. The Morgan fingerprint density at radius 2 is 2.00 bits per heavy atom. The standard InChI is InChI=1S/C19H27NO3/c1-6-14-15(17(21)7-2)12-20-13(9-8-10-16(14)20)11-18(22)23-19(3,4)5/h8,10,12-13H,6-7,9,11H2,1-5H3/t13-/m1/s1. The molecular weight excluding hydrogens is 290 g/mol. The van der Waals surface area contributed by atoms with Crippen LogP contribution in [0.5, 0.6) is 0 Å². The highest BCUT2D eigenvalue weighted by atomic mass is 16.6. The molecule has 0 aliphatic carbocycles. The van der Waals surface area contributed by atoms with E-state index in [9.17, 15) is 9.59 Å². The minimum Gasteiger partial charge on any atom is -0.460 e. The molecule has 0 N–H and O–H groups in total. The summed E-state index contributed by atoms with van der Waals surface area (Å²) in [5.74, 6) is -0.0352. The van der Waals surface area contributed by atoms with Crippen LogP contribution in [-0.2, 0) is 16.0 Å². The maximum Gasteiger partial charge on any atom is 0.308 e. The first-order chi connectivity index (χ1) is 10.8. The van der Waals surface area contributed by atoms with Gasteiger partial charge < -0.3 is 9.30 Å². The molecule has 0 bridgehead atoms. The van der Waals surface area contributed by atoms with Gasteiger partial charge >= 0.3 is 5.97 Å². The fourth-order valence-electron chi connectivity index (χ4n) is 3.08. The fraction of sp³-hybridized carbons (Fsp3) is 0.579. The Kier molecular flexibility index (Phi) is 5.12. The van der Waals surface area contributed by atoms with Gasteiger partial charge in [0.15, 0.2) is 5.78 Å². The number of aromatic nitrogens is 1. The smallest absolute Gasteiger partial charge is 0.308 e. The normalized spacial score (nSPS) is 17.0. The van der Waals surface area contributed by atoms with Crippen LogP contribution in [0.15, 0.2) is 12.3 Å². The maximum atomic E-state index is 12.2. The molecule has 23 heavy (non-hydrogen) atoms. The monoisotopic (exact) mass is 317 g/mol. The molecule has 0 aromatic carbocycles. The van der Waals surface area contributed by atoms with Gasteiger partial charge in [0.1, 0.15) is 5.60 Å². The number of nitrogens with zero attached hydrogens (tertiary/aromatic N) is 1. The van der Waals surface area contributed by atoms with Crippen LogP contribution < -0.4 is 0 Å². The first kappa shape index (κ1) is 17.5. The predicted octanol–water partition coefficient (Wildman–Crippen LogP) is 4.33. The lowest BCUT2D eigenvalue weighted by Crippen LogP contribution is -2.26. The zero-order valence-electron chi connectivity index (χ0n) is 14.8. The van der Waals surface area contributed by atoms with Crippen molar-refractivity contribution in [1.29, 1.82) is 0 Å². The Balaban J connectivity index is 2.29.